The largest absolute Gasteiger partial charge is 0.321 e. The van der Waals surface area contributed by atoms with Crippen LogP contribution in [-0.4, -0.2) is 53.1 Å². The van der Waals surface area contributed by atoms with E-state index in [-0.39, 0.29) is 12.2 Å². The molecule has 4 nitrogen and oxygen atoms in total. The first-order chi connectivity index (χ1) is 9.58. The van der Waals surface area contributed by atoms with Crippen LogP contribution in [0.25, 0.3) is 0 Å². The lowest BCUT2D eigenvalue weighted by atomic mass is 9.97. The lowest BCUT2D eigenvalue weighted by Crippen LogP contribution is -2.50. The lowest BCUT2D eigenvalue weighted by Gasteiger charge is -2.37. The van der Waals surface area contributed by atoms with Crippen LogP contribution in [0.3, 0.4) is 0 Å². The fourth-order valence-electron chi connectivity index (χ4n) is 4.45. The number of carbonyl (C=O) groups excluding carboxylic acids is 1. The van der Waals surface area contributed by atoms with E-state index in [1.807, 2.05) is 0 Å². The maximum atomic E-state index is 12.8. The van der Waals surface area contributed by atoms with E-state index in [0.29, 0.717) is 23.9 Å². The Kier molecular flexibility index (Phi) is 4.04. The highest BCUT2D eigenvalue weighted by Gasteiger charge is 2.46. The summed E-state index contributed by atoms with van der Waals surface area (Å²) in [7, 11) is 0. The molecule has 4 atom stereocenters. The molecular weight excluding hydrogens is 250 g/mol. The van der Waals surface area contributed by atoms with Gasteiger partial charge in [-0.05, 0) is 45.1 Å². The molecule has 3 aliphatic rings. The van der Waals surface area contributed by atoms with Crippen molar-refractivity contribution < 1.29 is 4.79 Å². The fraction of sp³-hybridized carbons (Fsp3) is 0.938. The highest BCUT2D eigenvalue weighted by molar-refractivity contribution is 5.84. The van der Waals surface area contributed by atoms with Crippen LogP contribution < -0.4 is 5.32 Å². The van der Waals surface area contributed by atoms with Crippen molar-refractivity contribution in [3.63, 3.8) is 0 Å². The fourth-order valence-corrected chi connectivity index (χ4v) is 4.45. The first-order valence-corrected chi connectivity index (χ1v) is 8.40. The molecule has 0 bridgehead atoms. The molecule has 3 rings (SSSR count). The third-order valence-electron chi connectivity index (χ3n) is 5.30. The Hall–Kier alpha value is -0.610. The zero-order valence-corrected chi connectivity index (χ0v) is 13.1. The molecule has 0 aromatic carbocycles. The summed E-state index contributed by atoms with van der Waals surface area (Å²) >= 11 is 0. The summed E-state index contributed by atoms with van der Waals surface area (Å²) in [5.41, 5.74) is 0. The Morgan fingerprint density at radius 3 is 2.75 bits per heavy atom. The van der Waals surface area contributed by atoms with Gasteiger partial charge >= 0.3 is 0 Å². The lowest BCUT2D eigenvalue weighted by molar-refractivity contribution is -0.133. The van der Waals surface area contributed by atoms with Crippen molar-refractivity contribution in [3.8, 4) is 0 Å². The third-order valence-corrected chi connectivity index (χ3v) is 5.30. The first kappa shape index (κ1) is 14.3. The highest BCUT2D eigenvalue weighted by Crippen LogP contribution is 2.33. The van der Waals surface area contributed by atoms with Crippen molar-refractivity contribution in [2.75, 3.05) is 13.1 Å². The van der Waals surface area contributed by atoms with E-state index >= 15 is 0 Å². The van der Waals surface area contributed by atoms with Gasteiger partial charge in [0, 0.05) is 12.6 Å². The van der Waals surface area contributed by atoms with E-state index in [9.17, 15) is 4.79 Å². The number of amides is 1. The summed E-state index contributed by atoms with van der Waals surface area (Å²) in [6.07, 6.45) is 6.27. The van der Waals surface area contributed by atoms with Gasteiger partial charge < -0.3 is 4.90 Å². The van der Waals surface area contributed by atoms with Crippen molar-refractivity contribution in [1.29, 1.82) is 0 Å². The molecule has 4 heteroatoms. The molecular formula is C16H29N3O. The van der Waals surface area contributed by atoms with Crippen LogP contribution in [0.2, 0.25) is 0 Å². The minimum absolute atomic E-state index is 0.0441. The molecule has 1 N–H and O–H groups in total. The number of nitrogens with one attached hydrogen (secondary N) is 1. The van der Waals surface area contributed by atoms with E-state index in [1.54, 1.807) is 0 Å². The Labute approximate surface area is 122 Å². The second-order valence-corrected chi connectivity index (χ2v) is 7.23. The Bertz CT molecular complexity index is 371. The predicted octanol–water partition coefficient (Wildman–Crippen LogP) is 1.81. The number of hydrogen-bond acceptors (Lipinski definition) is 3. The maximum absolute atomic E-state index is 12.8. The van der Waals surface area contributed by atoms with Crippen LogP contribution in [0.1, 0.15) is 52.9 Å². The van der Waals surface area contributed by atoms with Gasteiger partial charge in [0.2, 0.25) is 5.91 Å². The molecule has 4 unspecified atom stereocenters. The van der Waals surface area contributed by atoms with Crippen LogP contribution in [0.4, 0.5) is 0 Å². The topological polar surface area (TPSA) is 35.6 Å². The summed E-state index contributed by atoms with van der Waals surface area (Å²) in [6.45, 7) is 8.96. The standard InChI is InChI=1S/C16H29N3O/c1-11(2)10-13-16(20)19(12(3)17-13)15-7-9-18-8-5-4-6-14(15)18/h11-15,17H,4-10H2,1-3H3. The molecule has 3 saturated heterocycles. The van der Waals surface area contributed by atoms with Crippen molar-refractivity contribution in [3.05, 3.63) is 0 Å². The Morgan fingerprint density at radius 2 is 2.00 bits per heavy atom. The van der Waals surface area contributed by atoms with Gasteiger partial charge in [-0.3, -0.25) is 15.0 Å². The molecule has 0 radical (unpaired) electrons. The number of fused-ring (bicyclic) bond motifs is 1. The Morgan fingerprint density at radius 1 is 1.20 bits per heavy atom. The second-order valence-electron chi connectivity index (χ2n) is 7.23. The third kappa shape index (κ3) is 2.48. The van der Waals surface area contributed by atoms with Crippen LogP contribution >= 0.6 is 0 Å². The molecule has 3 heterocycles. The van der Waals surface area contributed by atoms with Crippen LogP contribution in [0.15, 0.2) is 0 Å². The first-order valence-electron chi connectivity index (χ1n) is 8.40. The van der Waals surface area contributed by atoms with Crippen molar-refractivity contribution in [2.45, 2.75) is 77.2 Å². The van der Waals surface area contributed by atoms with Gasteiger partial charge in [-0.25, -0.2) is 0 Å². The van der Waals surface area contributed by atoms with Crippen molar-refractivity contribution >= 4 is 5.91 Å². The maximum Gasteiger partial charge on any atom is 0.241 e. The summed E-state index contributed by atoms with van der Waals surface area (Å²) in [5.74, 6) is 0.919. The van der Waals surface area contributed by atoms with Crippen LogP contribution in [0, 0.1) is 5.92 Å². The summed E-state index contributed by atoms with van der Waals surface area (Å²) in [4.78, 5) is 17.6. The zero-order valence-electron chi connectivity index (χ0n) is 13.1. The van der Waals surface area contributed by atoms with Crippen LogP contribution in [-0.2, 0) is 4.79 Å². The number of carbonyl (C=O) groups is 1. The molecule has 3 aliphatic heterocycles. The molecule has 114 valence electrons. The van der Waals surface area contributed by atoms with E-state index in [0.717, 1.165) is 12.8 Å². The normalized spacial score (nSPS) is 38.8. The molecule has 0 aromatic rings. The molecule has 0 saturated carbocycles. The molecule has 0 aromatic heterocycles. The van der Waals surface area contributed by atoms with E-state index in [4.69, 9.17) is 0 Å². The van der Waals surface area contributed by atoms with E-state index < -0.39 is 0 Å². The van der Waals surface area contributed by atoms with Crippen molar-refractivity contribution in [1.82, 2.24) is 15.1 Å². The van der Waals surface area contributed by atoms with Gasteiger partial charge in [0.05, 0.1) is 18.2 Å². The minimum Gasteiger partial charge on any atom is -0.321 e. The second kappa shape index (κ2) is 5.64. The quantitative estimate of drug-likeness (QED) is 0.856. The van der Waals surface area contributed by atoms with Gasteiger partial charge in [-0.1, -0.05) is 20.3 Å². The predicted molar refractivity (Wildman–Crippen MR) is 80.3 cm³/mol. The molecule has 0 aliphatic carbocycles. The average Bonchev–Trinajstić information content (AvgIpc) is 2.92. The molecule has 0 spiro atoms. The number of rotatable bonds is 3. The van der Waals surface area contributed by atoms with Crippen molar-refractivity contribution in [2.24, 2.45) is 5.92 Å². The smallest absolute Gasteiger partial charge is 0.241 e. The number of nitrogens with zero attached hydrogens (tertiary/aromatic N) is 2. The summed E-state index contributed by atoms with van der Waals surface area (Å²) in [5, 5.41) is 3.52. The summed E-state index contributed by atoms with van der Waals surface area (Å²) in [6, 6.07) is 1.11. The average molecular weight is 279 g/mol. The number of hydrogen-bond donors (Lipinski definition) is 1. The van der Waals surface area contributed by atoms with Gasteiger partial charge in [0.25, 0.3) is 0 Å². The SMILES string of the molecule is CC(C)CC1NC(C)N(C2CCN3CCCCC23)C1=O. The Balaban J connectivity index is 1.71. The van der Waals surface area contributed by atoms with Gasteiger partial charge in [-0.15, -0.1) is 0 Å². The minimum atomic E-state index is 0.0441. The van der Waals surface area contributed by atoms with E-state index in [1.165, 1.54) is 32.4 Å². The zero-order chi connectivity index (χ0) is 14.3. The van der Waals surface area contributed by atoms with Gasteiger partial charge in [0.1, 0.15) is 0 Å². The summed E-state index contributed by atoms with van der Waals surface area (Å²) < 4.78 is 0. The molecule has 20 heavy (non-hydrogen) atoms. The van der Waals surface area contributed by atoms with E-state index in [2.05, 4.69) is 35.9 Å². The van der Waals surface area contributed by atoms with Gasteiger partial charge in [-0.2, -0.15) is 0 Å². The molecule has 3 fully saturated rings. The monoisotopic (exact) mass is 279 g/mol. The highest BCUT2D eigenvalue weighted by atomic mass is 16.2. The van der Waals surface area contributed by atoms with Crippen LogP contribution in [0.5, 0.6) is 0 Å². The molecule has 1 amide bonds. The van der Waals surface area contributed by atoms with Gasteiger partial charge in [0.15, 0.2) is 0 Å². The number of piperidine rings is 1.